The molecular weight excluding hydrogens is 278 g/mol. The molecule has 4 rings (SSSR count). The van der Waals surface area contributed by atoms with Gasteiger partial charge in [-0.05, 0) is 37.5 Å². The van der Waals surface area contributed by atoms with Gasteiger partial charge < -0.3 is 14.4 Å². The maximum absolute atomic E-state index is 12.2. The van der Waals surface area contributed by atoms with Crippen molar-refractivity contribution >= 4 is 5.91 Å². The third kappa shape index (κ3) is 2.92. The normalized spacial score (nSPS) is 37.3. The summed E-state index contributed by atoms with van der Waals surface area (Å²) in [6.45, 7) is 5.47. The highest BCUT2D eigenvalue weighted by Crippen LogP contribution is 2.43. The van der Waals surface area contributed by atoms with Gasteiger partial charge in [-0.25, -0.2) is 0 Å². The minimum Gasteiger partial charge on any atom is -0.378 e. The van der Waals surface area contributed by atoms with Gasteiger partial charge in [0.2, 0.25) is 5.91 Å². The van der Waals surface area contributed by atoms with Gasteiger partial charge in [-0.2, -0.15) is 0 Å². The molecule has 2 saturated carbocycles. The minimum atomic E-state index is -0.0909. The Hall–Kier alpha value is -0.610. The first kappa shape index (κ1) is 14.9. The van der Waals surface area contributed by atoms with Crippen LogP contribution in [-0.2, 0) is 14.3 Å². The van der Waals surface area contributed by atoms with Crippen LogP contribution in [0.15, 0.2) is 0 Å². The van der Waals surface area contributed by atoms with Crippen LogP contribution in [-0.4, -0.2) is 48.8 Å². The predicted molar refractivity (Wildman–Crippen MR) is 83.5 cm³/mol. The average molecular weight is 307 g/mol. The summed E-state index contributed by atoms with van der Waals surface area (Å²) in [6.07, 6.45) is 8.85. The first-order chi connectivity index (χ1) is 10.7. The molecule has 0 aromatic rings. The van der Waals surface area contributed by atoms with Crippen LogP contribution < -0.4 is 0 Å². The van der Waals surface area contributed by atoms with E-state index in [1.165, 1.54) is 25.7 Å². The molecule has 22 heavy (non-hydrogen) atoms. The van der Waals surface area contributed by atoms with E-state index in [9.17, 15) is 4.79 Å². The maximum atomic E-state index is 12.2. The fraction of sp³-hybridized carbons (Fsp3) is 0.944. The quantitative estimate of drug-likeness (QED) is 0.801. The van der Waals surface area contributed by atoms with Gasteiger partial charge in [0, 0.05) is 25.6 Å². The lowest BCUT2D eigenvalue weighted by molar-refractivity contribution is -0.203. The molecular formula is C18H29NO3. The maximum Gasteiger partial charge on any atom is 0.226 e. The van der Waals surface area contributed by atoms with Crippen LogP contribution in [0.5, 0.6) is 0 Å². The van der Waals surface area contributed by atoms with Gasteiger partial charge in [-0.1, -0.05) is 19.8 Å². The van der Waals surface area contributed by atoms with Gasteiger partial charge in [0.05, 0.1) is 19.2 Å². The molecule has 124 valence electrons. The molecule has 4 heteroatoms. The van der Waals surface area contributed by atoms with Crippen LogP contribution in [0.1, 0.15) is 51.9 Å². The molecule has 0 aromatic heterocycles. The number of rotatable bonds is 4. The number of carbonyl (C=O) groups is 1. The fourth-order valence-electron chi connectivity index (χ4n) is 4.50. The van der Waals surface area contributed by atoms with Gasteiger partial charge in [0.1, 0.15) is 5.60 Å². The van der Waals surface area contributed by atoms with Crippen LogP contribution in [0.25, 0.3) is 0 Å². The Kier molecular flexibility index (Phi) is 3.93. The van der Waals surface area contributed by atoms with Crippen molar-refractivity contribution in [1.29, 1.82) is 0 Å². The van der Waals surface area contributed by atoms with Gasteiger partial charge in [-0.3, -0.25) is 4.79 Å². The Balaban J connectivity index is 1.24. The van der Waals surface area contributed by atoms with E-state index in [0.717, 1.165) is 51.5 Å². The third-order valence-corrected chi connectivity index (χ3v) is 6.19. The van der Waals surface area contributed by atoms with E-state index >= 15 is 0 Å². The largest absolute Gasteiger partial charge is 0.378 e. The average Bonchev–Trinajstić information content (AvgIpc) is 3.00. The molecule has 2 heterocycles. The highest BCUT2D eigenvalue weighted by Gasteiger charge is 2.53. The topological polar surface area (TPSA) is 38.8 Å². The number of likely N-dealkylation sites (tertiary alicyclic amines) is 1. The van der Waals surface area contributed by atoms with Gasteiger partial charge in [0.15, 0.2) is 0 Å². The summed E-state index contributed by atoms with van der Waals surface area (Å²) in [4.78, 5) is 14.3. The van der Waals surface area contributed by atoms with Crippen LogP contribution in [0.4, 0.5) is 0 Å². The van der Waals surface area contributed by atoms with E-state index in [1.54, 1.807) is 0 Å². The van der Waals surface area contributed by atoms with Crippen molar-refractivity contribution in [1.82, 2.24) is 4.90 Å². The monoisotopic (exact) mass is 307 g/mol. The second kappa shape index (κ2) is 5.79. The van der Waals surface area contributed by atoms with Gasteiger partial charge >= 0.3 is 0 Å². The van der Waals surface area contributed by atoms with E-state index in [0.29, 0.717) is 23.8 Å². The van der Waals surface area contributed by atoms with Crippen LogP contribution in [0.3, 0.4) is 0 Å². The zero-order valence-electron chi connectivity index (χ0n) is 13.8. The summed E-state index contributed by atoms with van der Waals surface area (Å²) >= 11 is 0. The van der Waals surface area contributed by atoms with Crippen molar-refractivity contribution in [2.45, 2.75) is 63.6 Å². The van der Waals surface area contributed by atoms with E-state index in [-0.39, 0.29) is 5.60 Å². The van der Waals surface area contributed by atoms with E-state index in [2.05, 4.69) is 6.92 Å². The third-order valence-electron chi connectivity index (χ3n) is 6.19. The summed E-state index contributed by atoms with van der Waals surface area (Å²) in [6, 6.07) is 0. The Morgan fingerprint density at radius 2 is 2.00 bits per heavy atom. The molecule has 4 nitrogen and oxygen atoms in total. The second-order valence-electron chi connectivity index (χ2n) is 8.14. The summed E-state index contributed by atoms with van der Waals surface area (Å²) in [7, 11) is 0. The van der Waals surface area contributed by atoms with Gasteiger partial charge in [0.25, 0.3) is 0 Å². The highest BCUT2D eigenvalue weighted by atomic mass is 16.5. The fourth-order valence-corrected chi connectivity index (χ4v) is 4.50. The van der Waals surface area contributed by atoms with Crippen molar-refractivity contribution < 1.29 is 14.3 Å². The molecule has 2 saturated heterocycles. The number of carbonyl (C=O) groups excluding carboxylic acids is 1. The first-order valence-corrected chi connectivity index (χ1v) is 9.20. The molecule has 0 aromatic carbocycles. The van der Waals surface area contributed by atoms with Crippen molar-refractivity contribution in [2.24, 2.45) is 17.8 Å². The Labute approximate surface area is 133 Å². The Morgan fingerprint density at radius 3 is 2.68 bits per heavy atom. The summed E-state index contributed by atoms with van der Waals surface area (Å²) < 4.78 is 12.2. The molecule has 0 unspecified atom stereocenters. The van der Waals surface area contributed by atoms with Crippen LogP contribution >= 0.6 is 0 Å². The Morgan fingerprint density at radius 1 is 1.27 bits per heavy atom. The number of hydrogen-bond acceptors (Lipinski definition) is 3. The molecule has 0 N–H and O–H groups in total. The number of ether oxygens (including phenoxy) is 2. The zero-order valence-corrected chi connectivity index (χ0v) is 13.8. The lowest BCUT2D eigenvalue weighted by atomic mass is 9.84. The molecule has 3 atom stereocenters. The summed E-state index contributed by atoms with van der Waals surface area (Å²) in [5, 5.41) is 0. The van der Waals surface area contributed by atoms with Crippen molar-refractivity contribution in [3.8, 4) is 0 Å². The van der Waals surface area contributed by atoms with Crippen LogP contribution in [0, 0.1) is 17.8 Å². The SMILES string of the molecule is C[C@@H]1C[C@H]1C(=O)N1CC2(C[C@H](OCC3CCCC3)CCO2)C1. The van der Waals surface area contributed by atoms with Crippen molar-refractivity contribution in [2.75, 3.05) is 26.3 Å². The summed E-state index contributed by atoms with van der Waals surface area (Å²) in [5.74, 6) is 2.04. The van der Waals surface area contributed by atoms with E-state index in [4.69, 9.17) is 9.47 Å². The number of nitrogens with zero attached hydrogens (tertiary/aromatic N) is 1. The smallest absolute Gasteiger partial charge is 0.226 e. The number of hydrogen-bond donors (Lipinski definition) is 0. The summed E-state index contributed by atoms with van der Waals surface area (Å²) in [5.41, 5.74) is -0.0909. The number of amides is 1. The lowest BCUT2D eigenvalue weighted by Crippen LogP contribution is -2.67. The molecule has 1 spiro atoms. The Bertz CT molecular complexity index is 426. The molecule has 2 aliphatic heterocycles. The minimum absolute atomic E-state index is 0.0909. The molecule has 0 radical (unpaired) electrons. The van der Waals surface area contributed by atoms with Gasteiger partial charge in [-0.15, -0.1) is 0 Å². The standard InChI is InChI=1S/C18H29NO3/c1-13-8-16(13)17(20)19-11-18(12-19)9-15(6-7-22-18)21-10-14-4-2-3-5-14/h13-16H,2-12H2,1H3/t13-,15-,16-/m1/s1. The van der Waals surface area contributed by atoms with E-state index < -0.39 is 0 Å². The zero-order chi connectivity index (χ0) is 15.2. The van der Waals surface area contributed by atoms with E-state index in [1.807, 2.05) is 4.90 Å². The van der Waals surface area contributed by atoms with Crippen LogP contribution in [0.2, 0.25) is 0 Å². The second-order valence-corrected chi connectivity index (χ2v) is 8.14. The lowest BCUT2D eigenvalue weighted by Gasteiger charge is -2.53. The molecule has 0 bridgehead atoms. The molecule has 2 aliphatic carbocycles. The highest BCUT2D eigenvalue weighted by molar-refractivity contribution is 5.82. The molecule has 4 fully saturated rings. The molecule has 1 amide bonds. The predicted octanol–water partition coefficient (Wildman–Crippen LogP) is 2.61. The van der Waals surface area contributed by atoms with Crippen molar-refractivity contribution in [3.63, 3.8) is 0 Å². The first-order valence-electron chi connectivity index (χ1n) is 9.20. The molecule has 4 aliphatic rings. The van der Waals surface area contributed by atoms with Crippen molar-refractivity contribution in [3.05, 3.63) is 0 Å².